The largest absolute Gasteiger partial charge is 0.495 e. The van der Waals surface area contributed by atoms with Gasteiger partial charge >= 0.3 is 0 Å². The van der Waals surface area contributed by atoms with Crippen molar-refractivity contribution >= 4 is 28.9 Å². The first-order valence-corrected chi connectivity index (χ1v) is 7.60. The average Bonchev–Trinajstić information content (AvgIpc) is 2.45. The van der Waals surface area contributed by atoms with Crippen LogP contribution in [-0.4, -0.2) is 13.2 Å². The van der Waals surface area contributed by atoms with Gasteiger partial charge in [0.15, 0.2) is 0 Å². The molecule has 0 heterocycles. The molecule has 4 heteroatoms. The second-order valence-electron chi connectivity index (χ2n) is 5.18. The topological polar surface area (TPSA) is 21.3 Å². The molecule has 0 aliphatic carbocycles. The van der Waals surface area contributed by atoms with Crippen molar-refractivity contribution < 1.29 is 4.74 Å². The lowest BCUT2D eigenvalue weighted by Gasteiger charge is -2.19. The van der Waals surface area contributed by atoms with Crippen molar-refractivity contribution in [3.8, 4) is 5.75 Å². The second-order valence-corrected chi connectivity index (χ2v) is 6.02. The Morgan fingerprint density at radius 1 is 1.14 bits per heavy atom. The van der Waals surface area contributed by atoms with Crippen LogP contribution in [0.25, 0.3) is 0 Å². The SMILES string of the molecule is COc1cc(Cl)c(C)cc1NC(C)Cc1ccc(Cl)cc1. The van der Waals surface area contributed by atoms with Gasteiger partial charge in [-0.25, -0.2) is 0 Å². The number of aryl methyl sites for hydroxylation is 1. The molecule has 0 radical (unpaired) electrons. The van der Waals surface area contributed by atoms with Gasteiger partial charge in [0.1, 0.15) is 5.75 Å². The summed E-state index contributed by atoms with van der Waals surface area (Å²) in [5, 5.41) is 4.95. The molecule has 0 amide bonds. The summed E-state index contributed by atoms with van der Waals surface area (Å²) < 4.78 is 5.38. The lowest BCUT2D eigenvalue weighted by atomic mass is 10.1. The molecule has 0 spiro atoms. The van der Waals surface area contributed by atoms with Crippen LogP contribution in [-0.2, 0) is 6.42 Å². The summed E-state index contributed by atoms with van der Waals surface area (Å²) >= 11 is 12.0. The summed E-state index contributed by atoms with van der Waals surface area (Å²) in [6, 6.07) is 12.0. The van der Waals surface area contributed by atoms with Crippen molar-refractivity contribution in [1.29, 1.82) is 0 Å². The van der Waals surface area contributed by atoms with Crippen molar-refractivity contribution in [3.63, 3.8) is 0 Å². The first-order valence-electron chi connectivity index (χ1n) is 6.84. The van der Waals surface area contributed by atoms with Gasteiger partial charge < -0.3 is 10.1 Å². The average molecular weight is 324 g/mol. The highest BCUT2D eigenvalue weighted by atomic mass is 35.5. The number of hydrogen-bond acceptors (Lipinski definition) is 2. The van der Waals surface area contributed by atoms with E-state index in [2.05, 4.69) is 12.2 Å². The van der Waals surface area contributed by atoms with Crippen molar-refractivity contribution in [1.82, 2.24) is 0 Å². The summed E-state index contributed by atoms with van der Waals surface area (Å²) in [7, 11) is 1.65. The fourth-order valence-corrected chi connectivity index (χ4v) is 2.52. The lowest BCUT2D eigenvalue weighted by molar-refractivity contribution is 0.416. The van der Waals surface area contributed by atoms with Gasteiger partial charge in [0, 0.05) is 22.2 Å². The minimum absolute atomic E-state index is 0.264. The third kappa shape index (κ3) is 4.29. The van der Waals surface area contributed by atoms with E-state index in [4.69, 9.17) is 27.9 Å². The molecule has 0 bridgehead atoms. The van der Waals surface area contributed by atoms with Gasteiger partial charge in [-0.2, -0.15) is 0 Å². The van der Waals surface area contributed by atoms with E-state index in [9.17, 15) is 0 Å². The van der Waals surface area contributed by atoms with Crippen LogP contribution >= 0.6 is 23.2 Å². The molecule has 1 N–H and O–H groups in total. The highest BCUT2D eigenvalue weighted by Gasteiger charge is 2.10. The molecule has 2 nitrogen and oxygen atoms in total. The zero-order valence-corrected chi connectivity index (χ0v) is 13.9. The number of halogens is 2. The molecule has 21 heavy (non-hydrogen) atoms. The van der Waals surface area contributed by atoms with E-state index in [1.807, 2.05) is 43.3 Å². The maximum Gasteiger partial charge on any atom is 0.143 e. The fraction of sp³-hybridized carbons (Fsp3) is 0.294. The number of nitrogens with one attached hydrogen (secondary N) is 1. The molecule has 1 unspecified atom stereocenters. The monoisotopic (exact) mass is 323 g/mol. The Labute approximate surface area is 136 Å². The van der Waals surface area contributed by atoms with Gasteiger partial charge in [-0.3, -0.25) is 0 Å². The molecule has 2 aromatic carbocycles. The quantitative estimate of drug-likeness (QED) is 0.800. The van der Waals surface area contributed by atoms with Gasteiger partial charge in [0.2, 0.25) is 0 Å². The Morgan fingerprint density at radius 3 is 2.43 bits per heavy atom. The smallest absolute Gasteiger partial charge is 0.143 e. The summed E-state index contributed by atoms with van der Waals surface area (Å²) in [5.74, 6) is 0.758. The van der Waals surface area contributed by atoms with Crippen molar-refractivity contribution in [3.05, 3.63) is 57.6 Å². The normalized spacial score (nSPS) is 12.0. The molecule has 0 fully saturated rings. The van der Waals surface area contributed by atoms with E-state index < -0.39 is 0 Å². The minimum Gasteiger partial charge on any atom is -0.495 e. The number of rotatable bonds is 5. The molecule has 0 aliphatic rings. The highest BCUT2D eigenvalue weighted by molar-refractivity contribution is 6.31. The van der Waals surface area contributed by atoms with E-state index in [0.717, 1.165) is 28.4 Å². The molecular formula is C17H19Cl2NO. The number of hydrogen-bond donors (Lipinski definition) is 1. The Hall–Kier alpha value is -1.38. The molecule has 1 atom stereocenters. The van der Waals surface area contributed by atoms with Crippen LogP contribution in [0.3, 0.4) is 0 Å². The van der Waals surface area contributed by atoms with Crippen LogP contribution in [0, 0.1) is 6.92 Å². The zero-order valence-electron chi connectivity index (χ0n) is 12.4. The Balaban J connectivity index is 2.10. The van der Waals surface area contributed by atoms with Crippen LogP contribution in [0.2, 0.25) is 10.0 Å². The number of benzene rings is 2. The van der Waals surface area contributed by atoms with Crippen LogP contribution in [0.1, 0.15) is 18.1 Å². The fourth-order valence-electron chi connectivity index (χ4n) is 2.24. The molecule has 2 rings (SSSR count). The second kappa shape index (κ2) is 7.06. The number of anilines is 1. The Bertz CT molecular complexity index is 611. The summed E-state index contributed by atoms with van der Waals surface area (Å²) in [5.41, 5.74) is 3.23. The van der Waals surface area contributed by atoms with Crippen LogP contribution in [0.4, 0.5) is 5.69 Å². The van der Waals surface area contributed by atoms with E-state index in [-0.39, 0.29) is 6.04 Å². The standard InChI is InChI=1S/C17H19Cl2NO/c1-11-8-16(17(21-3)10-15(11)19)20-12(2)9-13-4-6-14(18)7-5-13/h4-8,10,12,20H,9H2,1-3H3. The molecular weight excluding hydrogens is 305 g/mol. The van der Waals surface area contributed by atoms with Gasteiger partial charge in [-0.1, -0.05) is 35.3 Å². The van der Waals surface area contributed by atoms with E-state index >= 15 is 0 Å². The third-order valence-corrected chi connectivity index (χ3v) is 4.00. The molecule has 112 valence electrons. The molecule has 0 aromatic heterocycles. The predicted octanol–water partition coefficient (Wildman–Crippen LogP) is 5.35. The van der Waals surface area contributed by atoms with E-state index in [1.54, 1.807) is 7.11 Å². The Kier molecular flexibility index (Phi) is 5.38. The highest BCUT2D eigenvalue weighted by Crippen LogP contribution is 2.31. The van der Waals surface area contributed by atoms with Gasteiger partial charge in [-0.15, -0.1) is 0 Å². The van der Waals surface area contributed by atoms with E-state index in [1.165, 1.54) is 5.56 Å². The van der Waals surface area contributed by atoms with Crippen molar-refractivity contribution in [2.24, 2.45) is 0 Å². The van der Waals surface area contributed by atoms with Crippen LogP contribution < -0.4 is 10.1 Å². The maximum atomic E-state index is 6.13. The molecule has 2 aromatic rings. The molecule has 0 saturated heterocycles. The summed E-state index contributed by atoms with van der Waals surface area (Å²) in [6.07, 6.45) is 0.905. The molecule has 0 aliphatic heterocycles. The summed E-state index contributed by atoms with van der Waals surface area (Å²) in [6.45, 7) is 4.12. The van der Waals surface area contributed by atoms with Crippen LogP contribution in [0.15, 0.2) is 36.4 Å². The van der Waals surface area contributed by atoms with E-state index in [0.29, 0.717) is 5.02 Å². The lowest BCUT2D eigenvalue weighted by Crippen LogP contribution is -2.18. The van der Waals surface area contributed by atoms with Gasteiger partial charge in [-0.05, 0) is 49.6 Å². The van der Waals surface area contributed by atoms with Crippen LogP contribution in [0.5, 0.6) is 5.75 Å². The Morgan fingerprint density at radius 2 is 1.81 bits per heavy atom. The molecule has 0 saturated carbocycles. The van der Waals surface area contributed by atoms with Gasteiger partial charge in [0.25, 0.3) is 0 Å². The predicted molar refractivity (Wildman–Crippen MR) is 91.0 cm³/mol. The first-order chi connectivity index (χ1) is 9.99. The minimum atomic E-state index is 0.264. The van der Waals surface area contributed by atoms with Gasteiger partial charge in [0.05, 0.1) is 12.8 Å². The zero-order chi connectivity index (χ0) is 15.4. The summed E-state index contributed by atoms with van der Waals surface area (Å²) in [4.78, 5) is 0. The first kappa shape index (κ1) is 16.0. The van der Waals surface area contributed by atoms with Crippen molar-refractivity contribution in [2.45, 2.75) is 26.3 Å². The third-order valence-electron chi connectivity index (χ3n) is 3.34. The maximum absolute atomic E-state index is 6.13. The number of ether oxygens (including phenoxy) is 1. The number of methoxy groups -OCH3 is 1. The van der Waals surface area contributed by atoms with Crippen molar-refractivity contribution in [2.75, 3.05) is 12.4 Å².